The molecule has 0 saturated carbocycles. The van der Waals surface area contributed by atoms with Crippen LogP contribution in [0.3, 0.4) is 0 Å². The Kier molecular flexibility index (Phi) is 5.17. The molecule has 5 N–H and O–H groups in total. The van der Waals surface area contributed by atoms with Gasteiger partial charge in [-0.3, -0.25) is 5.41 Å². The minimum absolute atomic E-state index is 0.122. The average molecular weight is 377 g/mol. The number of thioether (sulfide) groups is 1. The molecule has 0 atom stereocenters. The van der Waals surface area contributed by atoms with E-state index in [1.165, 1.54) is 11.8 Å². The molecule has 2 aromatic rings. The molecule has 2 heterocycles. The van der Waals surface area contributed by atoms with Crippen LogP contribution < -0.4 is 16.4 Å². The number of nitrogens with two attached hydrogens (primary N) is 2. The van der Waals surface area contributed by atoms with Gasteiger partial charge in [0.05, 0.1) is 11.2 Å². The molecule has 1 aromatic carbocycles. The molecule has 1 aromatic heterocycles. The third-order valence-corrected chi connectivity index (χ3v) is 5.70. The van der Waals surface area contributed by atoms with Crippen molar-refractivity contribution in [2.24, 2.45) is 5.73 Å². The second kappa shape index (κ2) is 7.19. The Labute approximate surface area is 156 Å². The number of nitrogens with one attached hydrogen (secondary N) is 1. The summed E-state index contributed by atoms with van der Waals surface area (Å²) in [7, 11) is 0. The van der Waals surface area contributed by atoms with Gasteiger partial charge < -0.3 is 16.4 Å². The maximum absolute atomic E-state index is 8.26. The van der Waals surface area contributed by atoms with Crippen LogP contribution in [-0.2, 0) is 0 Å². The highest BCUT2D eigenvalue weighted by molar-refractivity contribution is 8.14. The summed E-state index contributed by atoms with van der Waals surface area (Å²) in [6, 6.07) is 7.37. The van der Waals surface area contributed by atoms with Gasteiger partial charge in [0.1, 0.15) is 16.6 Å². The van der Waals surface area contributed by atoms with Crippen LogP contribution in [0.2, 0.25) is 5.02 Å². The number of nitrogens with zero attached hydrogens (tertiary/aromatic N) is 3. The van der Waals surface area contributed by atoms with E-state index in [1.54, 1.807) is 12.3 Å². The van der Waals surface area contributed by atoms with Crippen molar-refractivity contribution in [3.8, 4) is 0 Å². The van der Waals surface area contributed by atoms with Crippen molar-refractivity contribution in [1.29, 1.82) is 5.41 Å². The molecule has 1 fully saturated rings. The Morgan fingerprint density at radius 1 is 1.32 bits per heavy atom. The molecule has 0 amide bonds. The lowest BCUT2D eigenvalue weighted by molar-refractivity contribution is 0.363. The lowest BCUT2D eigenvalue weighted by Crippen LogP contribution is -2.48. The summed E-state index contributed by atoms with van der Waals surface area (Å²) < 4.78 is 0. The zero-order valence-corrected chi connectivity index (χ0v) is 15.6. The van der Waals surface area contributed by atoms with E-state index < -0.39 is 0 Å². The topological polar surface area (TPSA) is 105 Å². The van der Waals surface area contributed by atoms with E-state index in [2.05, 4.69) is 21.8 Å². The first-order chi connectivity index (χ1) is 11.9. The van der Waals surface area contributed by atoms with E-state index >= 15 is 0 Å². The smallest absolute Gasteiger partial charge is 0.154 e. The van der Waals surface area contributed by atoms with Crippen LogP contribution in [0.25, 0.3) is 0 Å². The Morgan fingerprint density at radius 3 is 2.64 bits per heavy atom. The van der Waals surface area contributed by atoms with Crippen LogP contribution in [0, 0.1) is 5.41 Å². The number of hydrogen-bond donors (Lipinski definition) is 3. The number of rotatable bonds is 3. The Hall–Kier alpha value is -1.83. The first-order valence-electron chi connectivity index (χ1n) is 8.03. The standard InChI is InChI=1S/C17H21ClN6S/c1-17(21)6-8-24(9-7-17)13-10-22-14(15(19)23-13)16(20)25-12-5-3-2-4-11(12)18/h2-5,10,20H,6-9,21H2,1H3,(H2,19,23). The van der Waals surface area contributed by atoms with Crippen LogP contribution in [0.1, 0.15) is 25.5 Å². The molecule has 25 heavy (non-hydrogen) atoms. The average Bonchev–Trinajstić information content (AvgIpc) is 2.56. The van der Waals surface area contributed by atoms with Gasteiger partial charge in [0.2, 0.25) is 0 Å². The summed E-state index contributed by atoms with van der Waals surface area (Å²) in [5.74, 6) is 0.982. The Balaban J connectivity index is 1.74. The van der Waals surface area contributed by atoms with Crippen molar-refractivity contribution in [2.45, 2.75) is 30.2 Å². The summed E-state index contributed by atoms with van der Waals surface area (Å²) in [4.78, 5) is 11.7. The van der Waals surface area contributed by atoms with Gasteiger partial charge in [-0.25, -0.2) is 9.97 Å². The monoisotopic (exact) mass is 376 g/mol. The highest BCUT2D eigenvalue weighted by Crippen LogP contribution is 2.30. The molecule has 1 aliphatic rings. The number of halogens is 1. The van der Waals surface area contributed by atoms with Gasteiger partial charge in [0, 0.05) is 23.5 Å². The molecule has 0 aliphatic carbocycles. The first-order valence-corrected chi connectivity index (χ1v) is 9.23. The zero-order chi connectivity index (χ0) is 18.0. The van der Waals surface area contributed by atoms with Gasteiger partial charge >= 0.3 is 0 Å². The van der Waals surface area contributed by atoms with Crippen LogP contribution >= 0.6 is 23.4 Å². The van der Waals surface area contributed by atoms with E-state index in [1.807, 2.05) is 18.2 Å². The molecule has 0 radical (unpaired) electrons. The molecular weight excluding hydrogens is 356 g/mol. The lowest BCUT2D eigenvalue weighted by atomic mass is 9.91. The maximum atomic E-state index is 8.26. The molecule has 6 nitrogen and oxygen atoms in total. The van der Waals surface area contributed by atoms with E-state index in [0.29, 0.717) is 10.7 Å². The van der Waals surface area contributed by atoms with Gasteiger partial charge in [-0.05, 0) is 31.9 Å². The molecule has 132 valence electrons. The van der Waals surface area contributed by atoms with Crippen LogP contribution in [0.15, 0.2) is 35.4 Å². The van der Waals surface area contributed by atoms with Gasteiger partial charge in [-0.15, -0.1) is 0 Å². The molecule has 1 saturated heterocycles. The molecule has 0 bridgehead atoms. The summed E-state index contributed by atoms with van der Waals surface area (Å²) in [6.45, 7) is 3.72. The van der Waals surface area contributed by atoms with Gasteiger partial charge in [-0.2, -0.15) is 0 Å². The van der Waals surface area contributed by atoms with E-state index in [0.717, 1.165) is 36.6 Å². The lowest BCUT2D eigenvalue weighted by Gasteiger charge is -2.37. The quantitative estimate of drug-likeness (QED) is 0.431. The van der Waals surface area contributed by atoms with Crippen LogP contribution in [0.4, 0.5) is 11.6 Å². The van der Waals surface area contributed by atoms with Crippen molar-refractivity contribution >= 4 is 40.0 Å². The van der Waals surface area contributed by atoms with E-state index in [-0.39, 0.29) is 16.4 Å². The number of anilines is 2. The Morgan fingerprint density at radius 2 is 2.00 bits per heavy atom. The second-order valence-electron chi connectivity index (χ2n) is 6.46. The summed E-state index contributed by atoms with van der Waals surface area (Å²) >= 11 is 7.36. The predicted octanol–water partition coefficient (Wildman–Crippen LogP) is 3.15. The number of piperidine rings is 1. The fraction of sp³-hybridized carbons (Fsp3) is 0.353. The van der Waals surface area contributed by atoms with Crippen molar-refractivity contribution in [1.82, 2.24) is 9.97 Å². The second-order valence-corrected chi connectivity index (χ2v) is 7.92. The van der Waals surface area contributed by atoms with Gasteiger partial charge in [0.25, 0.3) is 0 Å². The first kappa shape index (κ1) is 18.0. The fourth-order valence-electron chi connectivity index (χ4n) is 2.65. The van der Waals surface area contributed by atoms with Crippen molar-refractivity contribution in [3.05, 3.63) is 41.2 Å². The summed E-state index contributed by atoms with van der Waals surface area (Å²) in [5.41, 5.74) is 12.5. The van der Waals surface area contributed by atoms with Crippen LogP contribution in [0.5, 0.6) is 0 Å². The Bertz CT molecular complexity index is 784. The van der Waals surface area contributed by atoms with Gasteiger partial charge in [-0.1, -0.05) is 35.5 Å². The number of benzene rings is 1. The molecule has 3 rings (SSSR count). The molecule has 8 heteroatoms. The summed E-state index contributed by atoms with van der Waals surface area (Å²) in [6.07, 6.45) is 3.47. The third-order valence-electron chi connectivity index (χ3n) is 4.28. The number of hydrogen-bond acceptors (Lipinski definition) is 7. The van der Waals surface area contributed by atoms with E-state index in [9.17, 15) is 0 Å². The van der Waals surface area contributed by atoms with E-state index in [4.69, 9.17) is 28.5 Å². The maximum Gasteiger partial charge on any atom is 0.154 e. The highest BCUT2D eigenvalue weighted by Gasteiger charge is 2.27. The zero-order valence-electron chi connectivity index (χ0n) is 14.0. The minimum atomic E-state index is -0.122. The predicted molar refractivity (Wildman–Crippen MR) is 105 cm³/mol. The number of nitrogen functional groups attached to an aromatic ring is 1. The fourth-order valence-corrected chi connectivity index (χ4v) is 3.69. The molecule has 0 unspecified atom stereocenters. The van der Waals surface area contributed by atoms with Crippen LogP contribution in [-0.4, -0.2) is 33.6 Å². The SMILES string of the molecule is CC1(N)CCN(c2cnc(C(=N)Sc3ccccc3Cl)c(N)n2)CC1. The van der Waals surface area contributed by atoms with Gasteiger partial charge in [0.15, 0.2) is 5.82 Å². The minimum Gasteiger partial charge on any atom is -0.382 e. The third kappa shape index (κ3) is 4.23. The highest BCUT2D eigenvalue weighted by atomic mass is 35.5. The number of aromatic nitrogens is 2. The molecular formula is C17H21ClN6S. The van der Waals surface area contributed by atoms with Crippen molar-refractivity contribution in [2.75, 3.05) is 23.7 Å². The largest absolute Gasteiger partial charge is 0.382 e. The normalized spacial score (nSPS) is 16.7. The molecule has 0 spiro atoms. The van der Waals surface area contributed by atoms with Crippen molar-refractivity contribution in [3.63, 3.8) is 0 Å². The summed E-state index contributed by atoms with van der Waals surface area (Å²) in [5, 5.41) is 9.08. The molecule has 1 aliphatic heterocycles. The van der Waals surface area contributed by atoms with Crippen molar-refractivity contribution < 1.29 is 0 Å².